The zero-order valence-electron chi connectivity index (χ0n) is 11.7. The number of aryl methyl sites for hydroxylation is 1. The second-order valence-corrected chi connectivity index (χ2v) is 6.41. The summed E-state index contributed by atoms with van der Waals surface area (Å²) in [7, 11) is 0. The fourth-order valence-corrected chi connectivity index (χ4v) is 2.70. The van der Waals surface area contributed by atoms with E-state index in [4.69, 9.17) is 0 Å². The van der Waals surface area contributed by atoms with Crippen LogP contribution in [0.4, 0.5) is 4.39 Å². The predicted octanol–water partition coefficient (Wildman–Crippen LogP) is 4.19. The third-order valence-electron chi connectivity index (χ3n) is 4.12. The molecule has 0 spiro atoms. The van der Waals surface area contributed by atoms with Crippen molar-refractivity contribution in [2.75, 3.05) is 0 Å². The van der Waals surface area contributed by atoms with Gasteiger partial charge in [0.15, 0.2) is 0 Å². The van der Waals surface area contributed by atoms with Gasteiger partial charge in [-0.15, -0.1) is 0 Å². The number of halogens is 1. The lowest BCUT2D eigenvalue weighted by Gasteiger charge is -2.34. The molecule has 0 bridgehead atoms. The highest BCUT2D eigenvalue weighted by Crippen LogP contribution is 2.35. The summed E-state index contributed by atoms with van der Waals surface area (Å²) in [6, 6.07) is 5.88. The number of benzene rings is 1. The summed E-state index contributed by atoms with van der Waals surface area (Å²) in [6.07, 6.45) is 4.95. The highest BCUT2D eigenvalue weighted by molar-refractivity contribution is 5.23. The lowest BCUT2D eigenvalue weighted by Crippen LogP contribution is -2.35. The van der Waals surface area contributed by atoms with Crippen LogP contribution >= 0.6 is 0 Å². The molecule has 0 saturated heterocycles. The van der Waals surface area contributed by atoms with Gasteiger partial charge in [-0.1, -0.05) is 31.5 Å². The van der Waals surface area contributed by atoms with Gasteiger partial charge in [0.25, 0.3) is 0 Å². The van der Waals surface area contributed by atoms with E-state index in [9.17, 15) is 4.39 Å². The van der Waals surface area contributed by atoms with E-state index in [-0.39, 0.29) is 5.82 Å². The predicted molar refractivity (Wildman–Crippen MR) is 74.0 cm³/mol. The van der Waals surface area contributed by atoms with Crippen molar-refractivity contribution in [2.45, 2.75) is 59.0 Å². The maximum absolute atomic E-state index is 13.6. The first-order valence-corrected chi connectivity index (χ1v) is 6.95. The van der Waals surface area contributed by atoms with Crippen LogP contribution in [-0.4, -0.2) is 6.04 Å². The van der Waals surface area contributed by atoms with Gasteiger partial charge in [-0.05, 0) is 44.1 Å². The molecule has 1 aromatic rings. The van der Waals surface area contributed by atoms with E-state index in [1.165, 1.54) is 25.7 Å². The first-order valence-electron chi connectivity index (χ1n) is 6.95. The van der Waals surface area contributed by atoms with Crippen LogP contribution in [0, 0.1) is 18.2 Å². The van der Waals surface area contributed by atoms with Gasteiger partial charge in [0, 0.05) is 18.2 Å². The molecule has 1 aromatic carbocycles. The monoisotopic (exact) mass is 249 g/mol. The molecule has 1 saturated carbocycles. The van der Waals surface area contributed by atoms with Crippen molar-refractivity contribution in [1.29, 1.82) is 0 Å². The molecule has 18 heavy (non-hydrogen) atoms. The molecule has 1 nitrogen and oxygen atoms in total. The van der Waals surface area contributed by atoms with Gasteiger partial charge in [-0.3, -0.25) is 0 Å². The van der Waals surface area contributed by atoms with Gasteiger partial charge in [0.05, 0.1) is 0 Å². The van der Waals surface area contributed by atoms with Crippen LogP contribution in [-0.2, 0) is 6.54 Å². The van der Waals surface area contributed by atoms with Crippen molar-refractivity contribution in [1.82, 2.24) is 5.32 Å². The standard InChI is InChI=1S/C16H24FN/c1-12-4-5-15(17)13(10-12)11-18-14-6-8-16(2,3)9-7-14/h4-5,10,14,18H,6-9,11H2,1-3H3. The van der Waals surface area contributed by atoms with Crippen LogP contribution in [0.15, 0.2) is 18.2 Å². The summed E-state index contributed by atoms with van der Waals surface area (Å²) in [5.41, 5.74) is 2.41. The van der Waals surface area contributed by atoms with Gasteiger partial charge >= 0.3 is 0 Å². The van der Waals surface area contributed by atoms with Crippen LogP contribution < -0.4 is 5.32 Å². The minimum absolute atomic E-state index is 0.0933. The van der Waals surface area contributed by atoms with Crippen LogP contribution in [0.5, 0.6) is 0 Å². The molecule has 2 heteroatoms. The van der Waals surface area contributed by atoms with E-state index in [1.807, 2.05) is 19.1 Å². The van der Waals surface area contributed by atoms with Gasteiger partial charge < -0.3 is 5.32 Å². The van der Waals surface area contributed by atoms with Crippen LogP contribution in [0.25, 0.3) is 0 Å². The van der Waals surface area contributed by atoms with E-state index in [1.54, 1.807) is 6.07 Å². The quantitative estimate of drug-likeness (QED) is 0.847. The van der Waals surface area contributed by atoms with Crippen molar-refractivity contribution < 1.29 is 4.39 Å². The van der Waals surface area contributed by atoms with Crippen LogP contribution in [0.2, 0.25) is 0 Å². The Morgan fingerprint density at radius 3 is 2.61 bits per heavy atom. The summed E-state index contributed by atoms with van der Waals surface area (Å²) in [4.78, 5) is 0. The third kappa shape index (κ3) is 3.55. The Kier molecular flexibility index (Phi) is 4.06. The minimum Gasteiger partial charge on any atom is -0.310 e. The number of nitrogens with one attached hydrogen (secondary N) is 1. The zero-order valence-corrected chi connectivity index (χ0v) is 11.7. The molecule has 0 radical (unpaired) electrons. The summed E-state index contributed by atoms with van der Waals surface area (Å²) in [6.45, 7) is 7.33. The summed E-state index contributed by atoms with van der Waals surface area (Å²) < 4.78 is 13.6. The molecule has 0 heterocycles. The summed E-state index contributed by atoms with van der Waals surface area (Å²) in [5, 5.41) is 3.50. The Morgan fingerprint density at radius 2 is 1.94 bits per heavy atom. The molecule has 0 atom stereocenters. The minimum atomic E-state index is -0.0933. The first kappa shape index (κ1) is 13.5. The third-order valence-corrected chi connectivity index (χ3v) is 4.12. The number of hydrogen-bond donors (Lipinski definition) is 1. The maximum atomic E-state index is 13.6. The van der Waals surface area contributed by atoms with Gasteiger partial charge in [0.1, 0.15) is 5.82 Å². The lowest BCUT2D eigenvalue weighted by atomic mass is 9.75. The molecule has 0 unspecified atom stereocenters. The fourth-order valence-electron chi connectivity index (χ4n) is 2.70. The molecule has 100 valence electrons. The van der Waals surface area contributed by atoms with Crippen molar-refractivity contribution in [2.24, 2.45) is 5.41 Å². The maximum Gasteiger partial charge on any atom is 0.127 e. The second-order valence-electron chi connectivity index (χ2n) is 6.41. The number of hydrogen-bond acceptors (Lipinski definition) is 1. The molecule has 0 aliphatic heterocycles. The van der Waals surface area contributed by atoms with Crippen molar-refractivity contribution in [3.8, 4) is 0 Å². The van der Waals surface area contributed by atoms with Gasteiger partial charge in [0.2, 0.25) is 0 Å². The van der Waals surface area contributed by atoms with Crippen molar-refractivity contribution in [3.63, 3.8) is 0 Å². The Morgan fingerprint density at radius 1 is 1.28 bits per heavy atom. The average molecular weight is 249 g/mol. The molecular formula is C16H24FN. The van der Waals surface area contributed by atoms with Crippen molar-refractivity contribution >= 4 is 0 Å². The lowest BCUT2D eigenvalue weighted by molar-refractivity contribution is 0.205. The smallest absolute Gasteiger partial charge is 0.127 e. The topological polar surface area (TPSA) is 12.0 Å². The Hall–Kier alpha value is -0.890. The SMILES string of the molecule is Cc1ccc(F)c(CNC2CCC(C)(C)CC2)c1. The molecule has 1 aliphatic rings. The summed E-state index contributed by atoms with van der Waals surface area (Å²) >= 11 is 0. The largest absolute Gasteiger partial charge is 0.310 e. The van der Waals surface area contributed by atoms with E-state index in [0.29, 0.717) is 18.0 Å². The molecule has 0 amide bonds. The summed E-state index contributed by atoms with van der Waals surface area (Å²) in [5.74, 6) is -0.0933. The Labute approximate surface area is 110 Å². The highest BCUT2D eigenvalue weighted by atomic mass is 19.1. The van der Waals surface area contributed by atoms with Gasteiger partial charge in [-0.25, -0.2) is 4.39 Å². The molecule has 2 rings (SSSR count). The normalized spacial score (nSPS) is 20.0. The average Bonchev–Trinajstić information content (AvgIpc) is 2.32. The molecule has 1 aliphatic carbocycles. The molecule has 0 aromatic heterocycles. The second kappa shape index (κ2) is 5.40. The van der Waals surface area contributed by atoms with E-state index >= 15 is 0 Å². The van der Waals surface area contributed by atoms with E-state index in [0.717, 1.165) is 11.1 Å². The molecule has 1 fully saturated rings. The number of rotatable bonds is 3. The molecular weight excluding hydrogens is 225 g/mol. The van der Waals surface area contributed by atoms with Gasteiger partial charge in [-0.2, -0.15) is 0 Å². The fraction of sp³-hybridized carbons (Fsp3) is 0.625. The zero-order chi connectivity index (χ0) is 13.2. The Bertz CT molecular complexity index is 402. The highest BCUT2D eigenvalue weighted by Gasteiger charge is 2.26. The van der Waals surface area contributed by atoms with E-state index in [2.05, 4.69) is 19.2 Å². The molecule has 1 N–H and O–H groups in total. The van der Waals surface area contributed by atoms with E-state index < -0.39 is 0 Å². The van der Waals surface area contributed by atoms with Crippen molar-refractivity contribution in [3.05, 3.63) is 35.1 Å². The van der Waals surface area contributed by atoms with Crippen LogP contribution in [0.3, 0.4) is 0 Å². The first-order chi connectivity index (χ1) is 8.46. The van der Waals surface area contributed by atoms with Crippen LogP contribution in [0.1, 0.15) is 50.7 Å². The Balaban J connectivity index is 1.87.